The number of hydrogen-bond acceptors (Lipinski definition) is 4. The second-order valence-electron chi connectivity index (χ2n) is 4.79. The van der Waals surface area contributed by atoms with Crippen molar-refractivity contribution in [1.29, 1.82) is 0 Å². The third-order valence-corrected chi connectivity index (χ3v) is 4.57. The van der Waals surface area contributed by atoms with Crippen molar-refractivity contribution in [1.82, 2.24) is 0 Å². The summed E-state index contributed by atoms with van der Waals surface area (Å²) >= 11 is 13.2. The van der Waals surface area contributed by atoms with Crippen molar-refractivity contribution in [2.24, 2.45) is 0 Å². The molecule has 0 saturated heterocycles. The van der Waals surface area contributed by atoms with E-state index >= 15 is 0 Å². The zero-order valence-corrected chi connectivity index (χ0v) is 14.5. The van der Waals surface area contributed by atoms with Crippen LogP contribution < -0.4 is 10.4 Å². The summed E-state index contributed by atoms with van der Waals surface area (Å²) in [5, 5.41) is 23.8. The van der Waals surface area contributed by atoms with E-state index in [-0.39, 0.29) is 22.9 Å². The van der Waals surface area contributed by atoms with Crippen LogP contribution >= 0.6 is 35.0 Å². The number of nitrogens with one attached hydrogen (secondary N) is 1. The number of benzene rings is 2. The fourth-order valence-electron chi connectivity index (χ4n) is 1.89. The van der Waals surface area contributed by atoms with E-state index in [9.17, 15) is 14.7 Å². The van der Waals surface area contributed by atoms with E-state index in [2.05, 4.69) is 5.32 Å². The van der Waals surface area contributed by atoms with Crippen LogP contribution in [0.15, 0.2) is 36.4 Å². The summed E-state index contributed by atoms with van der Waals surface area (Å²) in [6, 6.07) is 8.58. The summed E-state index contributed by atoms with van der Waals surface area (Å²) < 4.78 is 0. The Morgan fingerprint density at radius 2 is 1.92 bits per heavy atom. The maximum absolute atomic E-state index is 11.9. The summed E-state index contributed by atoms with van der Waals surface area (Å²) in [5.74, 6) is -1.46. The molecule has 2 aromatic carbocycles. The van der Waals surface area contributed by atoms with E-state index in [4.69, 9.17) is 28.3 Å². The predicted molar refractivity (Wildman–Crippen MR) is 94.1 cm³/mol. The van der Waals surface area contributed by atoms with E-state index in [0.717, 1.165) is 11.6 Å². The SMILES string of the molecule is O=C(CSCc1ccc(Cl)cc1Cl)Nc1ccc([O-])cc1C(=O)O. The Hall–Kier alpha value is -1.89. The van der Waals surface area contributed by atoms with Gasteiger partial charge in [-0.3, -0.25) is 4.79 Å². The van der Waals surface area contributed by atoms with Crippen molar-refractivity contribution >= 4 is 52.5 Å². The number of carboxylic acid groups (broad SMARTS) is 1. The Bertz CT molecular complexity index is 783. The van der Waals surface area contributed by atoms with Crippen LogP contribution in [0.1, 0.15) is 15.9 Å². The van der Waals surface area contributed by atoms with Gasteiger partial charge in [0.05, 0.1) is 17.0 Å². The minimum absolute atomic E-state index is 0.0947. The van der Waals surface area contributed by atoms with E-state index in [1.807, 2.05) is 0 Å². The molecule has 2 rings (SSSR count). The molecule has 0 aliphatic rings. The smallest absolute Gasteiger partial charge is 0.337 e. The minimum Gasteiger partial charge on any atom is -0.872 e. The maximum Gasteiger partial charge on any atom is 0.337 e. The lowest BCUT2D eigenvalue weighted by molar-refractivity contribution is -0.268. The van der Waals surface area contributed by atoms with Gasteiger partial charge in [-0.25, -0.2) is 4.79 Å². The van der Waals surface area contributed by atoms with Crippen LogP contribution in [0, 0.1) is 0 Å². The number of carboxylic acids is 1. The van der Waals surface area contributed by atoms with Gasteiger partial charge in [-0.2, -0.15) is 0 Å². The molecule has 0 spiro atoms. The fraction of sp³-hybridized carbons (Fsp3) is 0.125. The molecule has 0 aromatic heterocycles. The van der Waals surface area contributed by atoms with Gasteiger partial charge in [0.25, 0.3) is 0 Å². The van der Waals surface area contributed by atoms with Gasteiger partial charge in [-0.05, 0) is 23.8 Å². The van der Waals surface area contributed by atoms with Crippen LogP contribution in [0.5, 0.6) is 5.75 Å². The van der Waals surface area contributed by atoms with Crippen molar-refractivity contribution in [2.45, 2.75) is 5.75 Å². The number of hydrogen-bond donors (Lipinski definition) is 2. The van der Waals surface area contributed by atoms with Crippen molar-refractivity contribution < 1.29 is 19.8 Å². The summed E-state index contributed by atoms with van der Waals surface area (Å²) in [6.45, 7) is 0. The summed E-state index contributed by atoms with van der Waals surface area (Å²) in [7, 11) is 0. The number of carbonyl (C=O) groups excluding carboxylic acids is 1. The summed E-state index contributed by atoms with van der Waals surface area (Å²) in [6.07, 6.45) is 0. The van der Waals surface area contributed by atoms with Crippen molar-refractivity contribution in [3.05, 3.63) is 57.6 Å². The molecular weight excluding hydrogens is 373 g/mol. The second kappa shape index (κ2) is 8.28. The van der Waals surface area contributed by atoms with E-state index in [1.54, 1.807) is 18.2 Å². The summed E-state index contributed by atoms with van der Waals surface area (Å²) in [4.78, 5) is 23.0. The molecule has 0 saturated carbocycles. The first kappa shape index (κ1) is 18.4. The average molecular weight is 385 g/mol. The first-order valence-electron chi connectivity index (χ1n) is 6.72. The molecule has 2 N–H and O–H groups in total. The molecule has 0 aliphatic carbocycles. The van der Waals surface area contributed by atoms with E-state index in [0.29, 0.717) is 15.8 Å². The molecule has 0 fully saturated rings. The summed E-state index contributed by atoms with van der Waals surface area (Å²) in [5.41, 5.74) is 0.708. The Morgan fingerprint density at radius 3 is 2.58 bits per heavy atom. The molecule has 24 heavy (non-hydrogen) atoms. The largest absolute Gasteiger partial charge is 0.872 e. The molecule has 1 amide bonds. The van der Waals surface area contributed by atoms with Crippen LogP contribution in [0.3, 0.4) is 0 Å². The highest BCUT2D eigenvalue weighted by atomic mass is 35.5. The minimum atomic E-state index is -1.27. The molecule has 2 aromatic rings. The lowest BCUT2D eigenvalue weighted by atomic mass is 10.1. The van der Waals surface area contributed by atoms with E-state index in [1.165, 1.54) is 23.9 Å². The van der Waals surface area contributed by atoms with Gasteiger partial charge in [-0.1, -0.05) is 41.4 Å². The van der Waals surface area contributed by atoms with Crippen LogP contribution in [0.4, 0.5) is 5.69 Å². The maximum atomic E-state index is 11.9. The van der Waals surface area contributed by atoms with Crippen LogP contribution in [0.25, 0.3) is 0 Å². The van der Waals surface area contributed by atoms with Gasteiger partial charge in [0.1, 0.15) is 0 Å². The van der Waals surface area contributed by atoms with Gasteiger partial charge in [-0.15, -0.1) is 17.5 Å². The normalized spacial score (nSPS) is 10.4. The Labute approximate surface area is 152 Å². The lowest BCUT2D eigenvalue weighted by Gasteiger charge is -2.12. The second-order valence-corrected chi connectivity index (χ2v) is 6.62. The standard InChI is InChI=1S/C16H13Cl2NO4S/c17-10-2-1-9(13(18)5-10)7-24-8-15(21)19-14-4-3-11(20)6-12(14)16(22)23/h1-6,20H,7-8H2,(H,19,21)(H,22,23)/p-1. The number of rotatable bonds is 6. The van der Waals surface area contributed by atoms with Crippen molar-refractivity contribution in [2.75, 3.05) is 11.1 Å². The Morgan fingerprint density at radius 1 is 1.17 bits per heavy atom. The van der Waals surface area contributed by atoms with Gasteiger partial charge in [0, 0.05) is 15.8 Å². The zero-order valence-electron chi connectivity index (χ0n) is 12.2. The van der Waals surface area contributed by atoms with Crippen LogP contribution in [-0.4, -0.2) is 22.7 Å². The molecule has 0 radical (unpaired) electrons. The molecular formula is C16H12Cl2NO4S-. The molecule has 0 aliphatic heterocycles. The Kier molecular flexibility index (Phi) is 6.36. The third kappa shape index (κ3) is 5.06. The quantitative estimate of drug-likeness (QED) is 0.793. The van der Waals surface area contributed by atoms with Gasteiger partial charge >= 0.3 is 5.97 Å². The molecule has 8 heteroatoms. The number of anilines is 1. The van der Waals surface area contributed by atoms with Crippen LogP contribution in [-0.2, 0) is 10.5 Å². The number of thioether (sulfide) groups is 1. The highest BCUT2D eigenvalue weighted by Crippen LogP contribution is 2.25. The highest BCUT2D eigenvalue weighted by molar-refractivity contribution is 7.99. The first-order chi connectivity index (χ1) is 11.4. The highest BCUT2D eigenvalue weighted by Gasteiger charge is 2.12. The molecule has 0 unspecified atom stereocenters. The predicted octanol–water partition coefficient (Wildman–Crippen LogP) is 3.64. The number of aromatic carboxylic acids is 1. The number of carbonyl (C=O) groups is 2. The topological polar surface area (TPSA) is 89.5 Å². The zero-order chi connectivity index (χ0) is 17.7. The van der Waals surface area contributed by atoms with Gasteiger partial charge in [0.2, 0.25) is 5.91 Å². The molecule has 0 heterocycles. The van der Waals surface area contributed by atoms with Crippen molar-refractivity contribution in [3.63, 3.8) is 0 Å². The fourth-order valence-corrected chi connectivity index (χ4v) is 3.27. The average Bonchev–Trinajstić information content (AvgIpc) is 2.51. The molecule has 0 atom stereocenters. The molecule has 5 nitrogen and oxygen atoms in total. The van der Waals surface area contributed by atoms with Crippen molar-refractivity contribution in [3.8, 4) is 5.75 Å². The monoisotopic (exact) mass is 384 g/mol. The van der Waals surface area contributed by atoms with Gasteiger partial charge < -0.3 is 15.5 Å². The van der Waals surface area contributed by atoms with E-state index < -0.39 is 11.7 Å². The molecule has 126 valence electrons. The number of amides is 1. The lowest BCUT2D eigenvalue weighted by Crippen LogP contribution is -2.17. The first-order valence-corrected chi connectivity index (χ1v) is 8.64. The third-order valence-electron chi connectivity index (χ3n) is 3.00. The Balaban J connectivity index is 1.93. The van der Waals surface area contributed by atoms with Crippen LogP contribution in [0.2, 0.25) is 10.0 Å². The van der Waals surface area contributed by atoms with Gasteiger partial charge in [0.15, 0.2) is 0 Å². The number of halogens is 2. The molecule has 0 bridgehead atoms.